The van der Waals surface area contributed by atoms with E-state index in [-0.39, 0.29) is 18.1 Å². The minimum absolute atomic E-state index is 0.270. The summed E-state index contributed by atoms with van der Waals surface area (Å²) >= 11 is 0. The molecule has 76 valence electrons. The normalized spacial score (nSPS) is 11.1. The van der Waals surface area contributed by atoms with Crippen molar-refractivity contribution in [1.29, 1.82) is 0 Å². The van der Waals surface area contributed by atoms with Gasteiger partial charge in [0.25, 0.3) is 0 Å². The third kappa shape index (κ3) is 4.08. The highest BCUT2D eigenvalue weighted by Crippen LogP contribution is 2.12. The molecule has 13 heavy (non-hydrogen) atoms. The van der Waals surface area contributed by atoms with Gasteiger partial charge in [-0.05, 0) is 19.8 Å². The van der Waals surface area contributed by atoms with Crippen molar-refractivity contribution in [1.82, 2.24) is 0 Å². The van der Waals surface area contributed by atoms with Gasteiger partial charge in [-0.2, -0.15) is 0 Å². The molecule has 0 fully saturated rings. The molecule has 0 atom stereocenters. The van der Waals surface area contributed by atoms with Crippen LogP contribution >= 0.6 is 0 Å². The Morgan fingerprint density at radius 1 is 1.46 bits per heavy atom. The largest absolute Gasteiger partial charge is 0.460 e. The Bertz CT molecular complexity index is 195. The van der Waals surface area contributed by atoms with Gasteiger partial charge in [-0.3, -0.25) is 0 Å². The summed E-state index contributed by atoms with van der Waals surface area (Å²) in [5.41, 5.74) is 5.97. The van der Waals surface area contributed by atoms with Crippen LogP contribution in [0.25, 0.3) is 0 Å². The zero-order valence-electron chi connectivity index (χ0n) is 8.72. The van der Waals surface area contributed by atoms with E-state index in [0.29, 0.717) is 5.57 Å². The maximum absolute atomic E-state index is 11.0. The van der Waals surface area contributed by atoms with Gasteiger partial charge >= 0.3 is 5.97 Å². The number of nitrogens with two attached hydrogens (primary N) is 1. The van der Waals surface area contributed by atoms with Gasteiger partial charge in [-0.15, -0.1) is 0 Å². The lowest BCUT2D eigenvalue weighted by Gasteiger charge is -2.25. The number of hydrogen-bond donors (Lipinski definition) is 1. The molecule has 0 radical (unpaired) electrons. The minimum atomic E-state index is -0.384. The maximum Gasteiger partial charge on any atom is 0.333 e. The number of carbonyl (C=O) groups is 1. The number of esters is 1. The zero-order chi connectivity index (χ0) is 10.5. The standard InChI is InChI=1S/C10H19NO2/c1-5-10(11,6-2)7-13-9(12)8(3)4/h3,5-7,11H2,1-2,4H3. The van der Waals surface area contributed by atoms with Gasteiger partial charge in [0, 0.05) is 11.1 Å². The van der Waals surface area contributed by atoms with Crippen LogP contribution < -0.4 is 5.73 Å². The molecule has 0 aromatic carbocycles. The van der Waals surface area contributed by atoms with E-state index >= 15 is 0 Å². The summed E-state index contributed by atoms with van der Waals surface area (Å²) in [5.74, 6) is -0.364. The Balaban J connectivity index is 4.00. The molecule has 0 bridgehead atoms. The fraction of sp³-hybridized carbons (Fsp3) is 0.700. The van der Waals surface area contributed by atoms with Crippen LogP contribution in [-0.2, 0) is 9.53 Å². The number of hydrogen-bond acceptors (Lipinski definition) is 3. The molecule has 0 saturated carbocycles. The first kappa shape index (κ1) is 12.2. The molecular formula is C10H19NO2. The summed E-state index contributed by atoms with van der Waals surface area (Å²) in [6, 6.07) is 0. The van der Waals surface area contributed by atoms with Crippen molar-refractivity contribution in [2.45, 2.75) is 39.2 Å². The van der Waals surface area contributed by atoms with Crippen molar-refractivity contribution in [3.8, 4) is 0 Å². The topological polar surface area (TPSA) is 52.3 Å². The molecule has 0 aliphatic heterocycles. The Morgan fingerprint density at radius 3 is 2.23 bits per heavy atom. The molecule has 0 aromatic rings. The molecule has 0 saturated heterocycles. The molecule has 0 aliphatic rings. The SMILES string of the molecule is C=C(C)C(=O)OCC(N)(CC)CC. The third-order valence-electron chi connectivity index (χ3n) is 2.25. The maximum atomic E-state index is 11.0. The summed E-state index contributed by atoms with van der Waals surface area (Å²) in [7, 11) is 0. The summed E-state index contributed by atoms with van der Waals surface area (Å²) < 4.78 is 4.99. The van der Waals surface area contributed by atoms with Gasteiger partial charge in [0.05, 0.1) is 0 Å². The van der Waals surface area contributed by atoms with Crippen LogP contribution in [0.15, 0.2) is 12.2 Å². The first-order valence-corrected chi connectivity index (χ1v) is 4.56. The minimum Gasteiger partial charge on any atom is -0.460 e. The molecule has 0 aliphatic carbocycles. The van der Waals surface area contributed by atoms with Crippen molar-refractivity contribution >= 4 is 5.97 Å². The quantitative estimate of drug-likeness (QED) is 0.523. The van der Waals surface area contributed by atoms with E-state index in [1.54, 1.807) is 6.92 Å². The third-order valence-corrected chi connectivity index (χ3v) is 2.25. The van der Waals surface area contributed by atoms with Gasteiger partial charge < -0.3 is 10.5 Å². The molecule has 2 N–H and O–H groups in total. The molecule has 0 aromatic heterocycles. The van der Waals surface area contributed by atoms with Crippen LogP contribution in [0.4, 0.5) is 0 Å². The van der Waals surface area contributed by atoms with E-state index in [4.69, 9.17) is 10.5 Å². The second-order valence-electron chi connectivity index (χ2n) is 3.43. The van der Waals surface area contributed by atoms with E-state index in [1.807, 2.05) is 13.8 Å². The second kappa shape index (κ2) is 5.02. The van der Waals surface area contributed by atoms with Gasteiger partial charge in [0.15, 0.2) is 0 Å². The number of carbonyl (C=O) groups excluding carboxylic acids is 1. The molecule has 0 rings (SSSR count). The van der Waals surface area contributed by atoms with E-state index in [0.717, 1.165) is 12.8 Å². The van der Waals surface area contributed by atoms with Crippen LogP contribution in [0.5, 0.6) is 0 Å². The van der Waals surface area contributed by atoms with E-state index < -0.39 is 0 Å². The Labute approximate surface area is 79.9 Å². The van der Waals surface area contributed by atoms with Gasteiger partial charge in [-0.1, -0.05) is 20.4 Å². The van der Waals surface area contributed by atoms with Crippen molar-refractivity contribution in [3.05, 3.63) is 12.2 Å². The van der Waals surface area contributed by atoms with Crippen molar-refractivity contribution in [3.63, 3.8) is 0 Å². The summed E-state index contributed by atoms with van der Waals surface area (Å²) in [6.45, 7) is 9.35. The molecular weight excluding hydrogens is 166 g/mol. The number of rotatable bonds is 5. The molecule has 0 heterocycles. The first-order valence-electron chi connectivity index (χ1n) is 4.56. The predicted molar refractivity (Wildman–Crippen MR) is 53.3 cm³/mol. The highest BCUT2D eigenvalue weighted by molar-refractivity contribution is 5.86. The monoisotopic (exact) mass is 185 g/mol. The lowest BCUT2D eigenvalue weighted by atomic mass is 9.96. The average Bonchev–Trinajstić information content (AvgIpc) is 2.13. The van der Waals surface area contributed by atoms with Crippen LogP contribution in [0.2, 0.25) is 0 Å². The average molecular weight is 185 g/mol. The summed E-state index contributed by atoms with van der Waals surface area (Å²) in [6.07, 6.45) is 1.60. The highest BCUT2D eigenvalue weighted by Gasteiger charge is 2.22. The van der Waals surface area contributed by atoms with Crippen molar-refractivity contribution in [2.24, 2.45) is 5.73 Å². The molecule has 3 nitrogen and oxygen atoms in total. The highest BCUT2D eigenvalue weighted by atomic mass is 16.5. The fourth-order valence-corrected chi connectivity index (χ4v) is 0.787. The van der Waals surface area contributed by atoms with E-state index in [2.05, 4.69) is 6.58 Å². The first-order chi connectivity index (χ1) is 5.95. The smallest absolute Gasteiger partial charge is 0.333 e. The fourth-order valence-electron chi connectivity index (χ4n) is 0.787. The van der Waals surface area contributed by atoms with Crippen LogP contribution in [0, 0.1) is 0 Å². The Morgan fingerprint density at radius 2 is 1.92 bits per heavy atom. The van der Waals surface area contributed by atoms with Gasteiger partial charge in [-0.25, -0.2) is 4.79 Å². The van der Waals surface area contributed by atoms with Gasteiger partial charge in [0.1, 0.15) is 6.61 Å². The van der Waals surface area contributed by atoms with E-state index in [9.17, 15) is 4.79 Å². The van der Waals surface area contributed by atoms with Gasteiger partial charge in [0.2, 0.25) is 0 Å². The Hall–Kier alpha value is -0.830. The summed E-state index contributed by atoms with van der Waals surface area (Å²) in [5, 5.41) is 0. The predicted octanol–water partition coefficient (Wildman–Crippen LogP) is 1.62. The lowest BCUT2D eigenvalue weighted by molar-refractivity contribution is -0.140. The lowest BCUT2D eigenvalue weighted by Crippen LogP contribution is -2.43. The van der Waals surface area contributed by atoms with Crippen molar-refractivity contribution in [2.75, 3.05) is 6.61 Å². The zero-order valence-corrected chi connectivity index (χ0v) is 8.72. The second-order valence-corrected chi connectivity index (χ2v) is 3.43. The summed E-state index contributed by atoms with van der Waals surface area (Å²) in [4.78, 5) is 11.0. The molecule has 0 spiro atoms. The van der Waals surface area contributed by atoms with E-state index in [1.165, 1.54) is 0 Å². The van der Waals surface area contributed by atoms with Crippen LogP contribution in [-0.4, -0.2) is 18.1 Å². The Kier molecular flexibility index (Phi) is 4.70. The van der Waals surface area contributed by atoms with Crippen LogP contribution in [0.1, 0.15) is 33.6 Å². The molecule has 0 unspecified atom stereocenters. The number of ether oxygens (including phenoxy) is 1. The van der Waals surface area contributed by atoms with Crippen LogP contribution in [0.3, 0.4) is 0 Å². The van der Waals surface area contributed by atoms with Crippen molar-refractivity contribution < 1.29 is 9.53 Å². The molecule has 0 amide bonds. The molecule has 3 heteroatoms.